The zero-order valence-corrected chi connectivity index (χ0v) is 13.6. The number of nitrogens with zero attached hydrogens (tertiary/aromatic N) is 2. The molecule has 1 unspecified atom stereocenters. The normalized spacial score (nSPS) is 11.8. The van der Waals surface area contributed by atoms with Gasteiger partial charge in [-0.1, -0.05) is 18.2 Å². The Hall–Kier alpha value is -2.21. The standard InChI is InChI=1S/C16H18N2O3S/c1-11(16(20)18(3)14-7-5-4-6-8-14)21-15(19)9-13-10-22-12(2)17-13/h4-8,10-11H,9H2,1-3H3. The van der Waals surface area contributed by atoms with Crippen molar-refractivity contribution in [3.63, 3.8) is 0 Å². The zero-order valence-electron chi connectivity index (χ0n) is 12.8. The van der Waals surface area contributed by atoms with Crippen LogP contribution in [0.2, 0.25) is 0 Å². The largest absolute Gasteiger partial charge is 0.452 e. The van der Waals surface area contributed by atoms with Gasteiger partial charge >= 0.3 is 5.97 Å². The SMILES string of the molecule is Cc1nc(CC(=O)OC(C)C(=O)N(C)c2ccccc2)cs1. The van der Waals surface area contributed by atoms with Crippen LogP contribution in [0, 0.1) is 6.92 Å². The fraction of sp³-hybridized carbons (Fsp3) is 0.312. The van der Waals surface area contributed by atoms with Gasteiger partial charge in [0, 0.05) is 18.1 Å². The number of hydrogen-bond donors (Lipinski definition) is 0. The highest BCUT2D eigenvalue weighted by atomic mass is 32.1. The topological polar surface area (TPSA) is 59.5 Å². The van der Waals surface area contributed by atoms with E-state index in [-0.39, 0.29) is 12.3 Å². The lowest BCUT2D eigenvalue weighted by Crippen LogP contribution is -2.37. The first-order chi connectivity index (χ1) is 10.5. The van der Waals surface area contributed by atoms with Crippen LogP contribution >= 0.6 is 11.3 Å². The third-order valence-corrected chi connectivity index (χ3v) is 3.94. The lowest BCUT2D eigenvalue weighted by Gasteiger charge is -2.21. The molecule has 1 amide bonds. The molecule has 2 aromatic rings. The van der Waals surface area contributed by atoms with E-state index in [2.05, 4.69) is 4.98 Å². The summed E-state index contributed by atoms with van der Waals surface area (Å²) in [5.41, 5.74) is 1.43. The van der Waals surface area contributed by atoms with Gasteiger partial charge in [0.2, 0.25) is 0 Å². The molecule has 0 spiro atoms. The Morgan fingerprint density at radius 3 is 2.59 bits per heavy atom. The van der Waals surface area contributed by atoms with Crippen molar-refractivity contribution in [2.24, 2.45) is 0 Å². The third kappa shape index (κ3) is 4.14. The van der Waals surface area contributed by atoms with Gasteiger partial charge < -0.3 is 9.64 Å². The van der Waals surface area contributed by atoms with Crippen molar-refractivity contribution in [3.8, 4) is 0 Å². The number of likely N-dealkylation sites (N-methyl/N-ethyl adjacent to an activating group) is 1. The molecule has 1 aromatic carbocycles. The molecule has 0 radical (unpaired) electrons. The van der Waals surface area contributed by atoms with Crippen molar-refractivity contribution >= 4 is 28.9 Å². The molecule has 0 fully saturated rings. The van der Waals surface area contributed by atoms with Crippen LogP contribution in [0.25, 0.3) is 0 Å². The molecule has 6 heteroatoms. The molecule has 1 atom stereocenters. The van der Waals surface area contributed by atoms with Crippen LogP contribution in [0.3, 0.4) is 0 Å². The zero-order chi connectivity index (χ0) is 16.1. The Morgan fingerprint density at radius 1 is 1.32 bits per heavy atom. The first-order valence-electron chi connectivity index (χ1n) is 6.90. The highest BCUT2D eigenvalue weighted by Crippen LogP contribution is 2.14. The number of aryl methyl sites for hydroxylation is 1. The number of ether oxygens (including phenoxy) is 1. The first-order valence-corrected chi connectivity index (χ1v) is 7.78. The van der Waals surface area contributed by atoms with E-state index >= 15 is 0 Å². The highest BCUT2D eigenvalue weighted by Gasteiger charge is 2.22. The molecule has 0 bridgehead atoms. The summed E-state index contributed by atoms with van der Waals surface area (Å²) < 4.78 is 5.20. The average Bonchev–Trinajstić information content (AvgIpc) is 2.91. The minimum absolute atomic E-state index is 0.0804. The summed E-state index contributed by atoms with van der Waals surface area (Å²) in [5, 5.41) is 2.72. The van der Waals surface area contributed by atoms with Gasteiger partial charge in [0.25, 0.3) is 5.91 Å². The van der Waals surface area contributed by atoms with E-state index in [9.17, 15) is 9.59 Å². The Bertz CT molecular complexity index is 654. The molecule has 1 aromatic heterocycles. The van der Waals surface area contributed by atoms with Crippen LogP contribution in [0.5, 0.6) is 0 Å². The average molecular weight is 318 g/mol. The van der Waals surface area contributed by atoms with Gasteiger partial charge in [-0.3, -0.25) is 9.59 Å². The van der Waals surface area contributed by atoms with Crippen LogP contribution in [-0.2, 0) is 20.7 Å². The molecule has 0 aliphatic rings. The molecule has 2 rings (SSSR count). The Labute approximate surface area is 133 Å². The number of hydrogen-bond acceptors (Lipinski definition) is 5. The van der Waals surface area contributed by atoms with Crippen molar-refractivity contribution in [1.82, 2.24) is 4.98 Å². The lowest BCUT2D eigenvalue weighted by molar-refractivity contribution is -0.153. The lowest BCUT2D eigenvalue weighted by atomic mass is 10.2. The summed E-state index contributed by atoms with van der Waals surface area (Å²) in [6, 6.07) is 9.22. The monoisotopic (exact) mass is 318 g/mol. The number of thiazole rings is 1. The molecule has 5 nitrogen and oxygen atoms in total. The molecule has 1 heterocycles. The van der Waals surface area contributed by atoms with E-state index in [0.717, 1.165) is 10.7 Å². The summed E-state index contributed by atoms with van der Waals surface area (Å²) in [6.07, 6.45) is -0.755. The smallest absolute Gasteiger partial charge is 0.312 e. The van der Waals surface area contributed by atoms with Crippen molar-refractivity contribution in [2.75, 3.05) is 11.9 Å². The van der Waals surface area contributed by atoms with Gasteiger partial charge in [-0.25, -0.2) is 4.98 Å². The summed E-state index contributed by atoms with van der Waals surface area (Å²) in [4.78, 5) is 29.8. The van der Waals surface area contributed by atoms with Crippen molar-refractivity contribution < 1.29 is 14.3 Å². The minimum Gasteiger partial charge on any atom is -0.452 e. The summed E-state index contributed by atoms with van der Waals surface area (Å²) in [7, 11) is 1.66. The van der Waals surface area contributed by atoms with Crippen molar-refractivity contribution in [3.05, 3.63) is 46.4 Å². The van der Waals surface area contributed by atoms with E-state index in [0.29, 0.717) is 5.69 Å². The summed E-state index contributed by atoms with van der Waals surface area (Å²) in [6.45, 7) is 3.45. The third-order valence-electron chi connectivity index (χ3n) is 3.12. The van der Waals surface area contributed by atoms with Gasteiger partial charge in [0.1, 0.15) is 0 Å². The predicted molar refractivity (Wildman–Crippen MR) is 86.0 cm³/mol. The van der Waals surface area contributed by atoms with Gasteiger partial charge in [0.05, 0.1) is 17.1 Å². The maximum absolute atomic E-state index is 12.3. The molecule has 0 N–H and O–H groups in total. The molecule has 0 saturated heterocycles. The van der Waals surface area contributed by atoms with Crippen molar-refractivity contribution in [2.45, 2.75) is 26.4 Å². The van der Waals surface area contributed by atoms with Crippen LogP contribution in [0.15, 0.2) is 35.7 Å². The summed E-state index contributed by atoms with van der Waals surface area (Å²) in [5.74, 6) is -0.721. The minimum atomic E-state index is -0.836. The molecular formula is C16H18N2O3S. The van der Waals surface area contributed by atoms with E-state index in [4.69, 9.17) is 4.74 Å². The summed E-state index contributed by atoms with van der Waals surface area (Å²) >= 11 is 1.48. The maximum atomic E-state index is 12.3. The van der Waals surface area contributed by atoms with Crippen molar-refractivity contribution in [1.29, 1.82) is 0 Å². The second kappa shape index (κ2) is 7.17. The quantitative estimate of drug-likeness (QED) is 0.795. The molecule has 22 heavy (non-hydrogen) atoms. The number of carbonyl (C=O) groups excluding carboxylic acids is 2. The van der Waals surface area contributed by atoms with E-state index in [1.54, 1.807) is 14.0 Å². The van der Waals surface area contributed by atoms with E-state index in [1.807, 2.05) is 42.6 Å². The Morgan fingerprint density at radius 2 is 2.00 bits per heavy atom. The number of para-hydroxylation sites is 1. The molecular weight excluding hydrogens is 300 g/mol. The Kier molecular flexibility index (Phi) is 5.27. The number of benzene rings is 1. The van der Waals surface area contributed by atoms with Gasteiger partial charge in [0.15, 0.2) is 6.10 Å². The van der Waals surface area contributed by atoms with Gasteiger partial charge in [-0.15, -0.1) is 11.3 Å². The fourth-order valence-electron chi connectivity index (χ4n) is 1.98. The van der Waals surface area contributed by atoms with Crippen LogP contribution in [-0.4, -0.2) is 30.0 Å². The number of amides is 1. The molecule has 116 valence electrons. The molecule has 0 aliphatic carbocycles. The van der Waals surface area contributed by atoms with Gasteiger partial charge in [-0.2, -0.15) is 0 Å². The number of esters is 1. The first kappa shape index (κ1) is 16.2. The second-order valence-corrected chi connectivity index (χ2v) is 5.96. The van der Waals surface area contributed by atoms with E-state index < -0.39 is 12.1 Å². The van der Waals surface area contributed by atoms with Crippen LogP contribution < -0.4 is 4.90 Å². The van der Waals surface area contributed by atoms with Crippen LogP contribution in [0.4, 0.5) is 5.69 Å². The number of rotatable bonds is 5. The van der Waals surface area contributed by atoms with Gasteiger partial charge in [-0.05, 0) is 26.0 Å². The Balaban J connectivity index is 1.92. The molecule has 0 saturated carbocycles. The predicted octanol–water partition coefficient (Wildman–Crippen LogP) is 2.59. The number of anilines is 1. The number of carbonyl (C=O) groups is 2. The fourth-order valence-corrected chi connectivity index (χ4v) is 2.59. The van der Waals surface area contributed by atoms with E-state index in [1.165, 1.54) is 16.2 Å². The number of aromatic nitrogens is 1. The highest BCUT2D eigenvalue weighted by molar-refractivity contribution is 7.09. The second-order valence-electron chi connectivity index (χ2n) is 4.90. The van der Waals surface area contributed by atoms with Crippen LogP contribution in [0.1, 0.15) is 17.6 Å². The molecule has 0 aliphatic heterocycles. The maximum Gasteiger partial charge on any atom is 0.312 e.